The minimum atomic E-state index is -4.60. The fourth-order valence-corrected chi connectivity index (χ4v) is 3.60. The summed E-state index contributed by atoms with van der Waals surface area (Å²) in [6.45, 7) is -1.62. The maximum atomic E-state index is 12.5. The molecule has 0 saturated heterocycles. The van der Waals surface area contributed by atoms with Crippen molar-refractivity contribution in [1.29, 1.82) is 0 Å². The summed E-state index contributed by atoms with van der Waals surface area (Å²) in [4.78, 5) is 28.5. The molecule has 32 heavy (non-hydrogen) atoms. The maximum absolute atomic E-state index is 12.5. The van der Waals surface area contributed by atoms with Crippen LogP contribution in [-0.2, 0) is 22.5 Å². The second kappa shape index (κ2) is 8.61. The average Bonchev–Trinajstić information content (AvgIpc) is 3.34. The Hall–Kier alpha value is -3.41. The molecule has 0 fully saturated rings. The van der Waals surface area contributed by atoms with Gasteiger partial charge in [0.25, 0.3) is 5.91 Å². The van der Waals surface area contributed by atoms with E-state index in [0.29, 0.717) is 32.4 Å². The molecule has 0 radical (unpaired) electrons. The second-order valence-electron chi connectivity index (χ2n) is 6.78. The molecule has 0 bridgehead atoms. The van der Waals surface area contributed by atoms with Crippen molar-refractivity contribution in [2.45, 2.75) is 19.1 Å². The van der Waals surface area contributed by atoms with E-state index in [4.69, 9.17) is 4.42 Å². The van der Waals surface area contributed by atoms with Gasteiger partial charge in [0.15, 0.2) is 12.3 Å². The van der Waals surface area contributed by atoms with Crippen molar-refractivity contribution in [3.8, 4) is 0 Å². The number of esters is 1. The normalized spacial score (nSPS) is 11.8. The molecule has 12 heteroatoms. The number of furan rings is 1. The number of alkyl halides is 3. The molecule has 1 aromatic carbocycles. The quantitative estimate of drug-likeness (QED) is 0.396. The zero-order chi connectivity index (χ0) is 22.9. The first-order chi connectivity index (χ1) is 15.2. The van der Waals surface area contributed by atoms with Crippen LogP contribution in [-0.4, -0.2) is 39.3 Å². The Labute approximate surface area is 186 Å². The number of hydrogen-bond donors (Lipinski definition) is 1. The SMILES string of the molecule is O=C(Cc1cc(Br)cc2cc(CNC(=O)c3cnn4cccnc34)oc12)OCC(F)(F)F. The number of benzene rings is 1. The Morgan fingerprint density at radius 3 is 2.84 bits per heavy atom. The molecule has 0 unspecified atom stereocenters. The minimum Gasteiger partial charge on any atom is -0.459 e. The fraction of sp³-hybridized carbons (Fsp3) is 0.200. The van der Waals surface area contributed by atoms with Gasteiger partial charge in [-0.3, -0.25) is 9.59 Å². The first-order valence-electron chi connectivity index (χ1n) is 9.19. The van der Waals surface area contributed by atoms with Crippen LogP contribution in [0.1, 0.15) is 21.7 Å². The lowest BCUT2D eigenvalue weighted by atomic mass is 10.1. The lowest BCUT2D eigenvalue weighted by Gasteiger charge is -2.08. The smallest absolute Gasteiger partial charge is 0.422 e. The van der Waals surface area contributed by atoms with Gasteiger partial charge in [0.2, 0.25) is 0 Å². The molecule has 8 nitrogen and oxygen atoms in total. The van der Waals surface area contributed by atoms with Crippen molar-refractivity contribution in [1.82, 2.24) is 19.9 Å². The van der Waals surface area contributed by atoms with E-state index in [1.165, 1.54) is 10.7 Å². The zero-order valence-corrected chi connectivity index (χ0v) is 17.7. The van der Waals surface area contributed by atoms with Gasteiger partial charge in [-0.2, -0.15) is 18.3 Å². The van der Waals surface area contributed by atoms with Gasteiger partial charge in [-0.15, -0.1) is 0 Å². The highest BCUT2D eigenvalue weighted by atomic mass is 79.9. The van der Waals surface area contributed by atoms with Gasteiger partial charge in [0.1, 0.15) is 16.9 Å². The minimum absolute atomic E-state index is 0.0350. The van der Waals surface area contributed by atoms with Crippen LogP contribution in [0.15, 0.2) is 51.7 Å². The molecule has 3 heterocycles. The van der Waals surface area contributed by atoms with Gasteiger partial charge >= 0.3 is 12.1 Å². The highest BCUT2D eigenvalue weighted by Crippen LogP contribution is 2.28. The first kappa shape index (κ1) is 21.8. The van der Waals surface area contributed by atoms with E-state index in [1.807, 2.05) is 0 Å². The van der Waals surface area contributed by atoms with E-state index in [1.54, 1.807) is 36.7 Å². The van der Waals surface area contributed by atoms with Crippen LogP contribution < -0.4 is 5.32 Å². The molecule has 0 atom stereocenters. The molecule has 4 rings (SSSR count). The number of nitrogens with one attached hydrogen (secondary N) is 1. The summed E-state index contributed by atoms with van der Waals surface area (Å²) < 4.78 is 48.9. The van der Waals surface area contributed by atoms with Crippen LogP contribution in [0.2, 0.25) is 0 Å². The third-order valence-electron chi connectivity index (χ3n) is 4.39. The van der Waals surface area contributed by atoms with Crippen molar-refractivity contribution >= 4 is 44.4 Å². The molecule has 1 amide bonds. The molecule has 0 aliphatic heterocycles. The average molecular weight is 511 g/mol. The predicted molar refractivity (Wildman–Crippen MR) is 109 cm³/mol. The Balaban J connectivity index is 1.49. The Kier molecular flexibility index (Phi) is 5.87. The predicted octanol–water partition coefficient (Wildman–Crippen LogP) is 3.82. The van der Waals surface area contributed by atoms with Crippen LogP contribution in [0.5, 0.6) is 0 Å². The lowest BCUT2D eigenvalue weighted by Crippen LogP contribution is -2.22. The molecule has 0 aliphatic rings. The van der Waals surface area contributed by atoms with E-state index >= 15 is 0 Å². The van der Waals surface area contributed by atoms with Crippen molar-refractivity contribution in [2.75, 3.05) is 6.61 Å². The van der Waals surface area contributed by atoms with Crippen molar-refractivity contribution in [2.24, 2.45) is 0 Å². The Morgan fingerprint density at radius 2 is 2.06 bits per heavy atom. The maximum Gasteiger partial charge on any atom is 0.422 e. The third-order valence-corrected chi connectivity index (χ3v) is 4.85. The number of rotatable bonds is 6. The van der Waals surface area contributed by atoms with E-state index < -0.39 is 31.1 Å². The van der Waals surface area contributed by atoms with Gasteiger partial charge in [-0.05, 0) is 24.3 Å². The fourth-order valence-electron chi connectivity index (χ4n) is 3.08. The van der Waals surface area contributed by atoms with E-state index in [0.717, 1.165) is 0 Å². The third kappa shape index (κ3) is 4.90. The van der Waals surface area contributed by atoms with E-state index in [9.17, 15) is 22.8 Å². The number of amides is 1. The number of nitrogens with zero attached hydrogens (tertiary/aromatic N) is 3. The molecular formula is C20H14BrF3N4O4. The van der Waals surface area contributed by atoms with Gasteiger partial charge in [-0.1, -0.05) is 15.9 Å². The van der Waals surface area contributed by atoms with Crippen molar-refractivity contribution in [3.63, 3.8) is 0 Å². The number of fused-ring (bicyclic) bond motifs is 2. The molecule has 0 aliphatic carbocycles. The molecule has 0 spiro atoms. The summed E-state index contributed by atoms with van der Waals surface area (Å²) in [5.74, 6) is -1.05. The monoisotopic (exact) mass is 510 g/mol. The van der Waals surface area contributed by atoms with Gasteiger partial charge in [-0.25, -0.2) is 9.50 Å². The van der Waals surface area contributed by atoms with E-state index in [-0.39, 0.29) is 12.1 Å². The molecule has 3 aromatic heterocycles. The summed E-state index contributed by atoms with van der Waals surface area (Å²) in [5, 5.41) is 7.38. The van der Waals surface area contributed by atoms with Crippen molar-refractivity contribution < 1.29 is 31.9 Å². The first-order valence-corrected chi connectivity index (χ1v) is 9.99. The Morgan fingerprint density at radius 1 is 1.25 bits per heavy atom. The summed E-state index contributed by atoms with van der Waals surface area (Å²) in [6, 6.07) is 6.64. The largest absolute Gasteiger partial charge is 0.459 e. The zero-order valence-electron chi connectivity index (χ0n) is 16.1. The summed E-state index contributed by atoms with van der Waals surface area (Å²) in [7, 11) is 0. The van der Waals surface area contributed by atoms with Gasteiger partial charge < -0.3 is 14.5 Å². The molecule has 4 aromatic rings. The number of carbonyl (C=O) groups is 2. The second-order valence-corrected chi connectivity index (χ2v) is 7.69. The Bertz CT molecular complexity index is 1320. The highest BCUT2D eigenvalue weighted by molar-refractivity contribution is 9.10. The molecule has 0 saturated carbocycles. The van der Waals surface area contributed by atoms with Crippen LogP contribution in [0.3, 0.4) is 0 Å². The highest BCUT2D eigenvalue weighted by Gasteiger charge is 2.29. The summed E-state index contributed by atoms with van der Waals surface area (Å²) in [6.07, 6.45) is -0.393. The topological polar surface area (TPSA) is 98.7 Å². The van der Waals surface area contributed by atoms with E-state index in [2.05, 4.69) is 36.1 Å². The van der Waals surface area contributed by atoms with Crippen LogP contribution in [0.4, 0.5) is 13.2 Å². The molecule has 166 valence electrons. The van der Waals surface area contributed by atoms with Crippen LogP contribution in [0, 0.1) is 0 Å². The summed E-state index contributed by atoms with van der Waals surface area (Å²) in [5.41, 5.74) is 1.36. The van der Waals surface area contributed by atoms with Crippen molar-refractivity contribution in [3.05, 3.63) is 64.2 Å². The summed E-state index contributed by atoms with van der Waals surface area (Å²) >= 11 is 3.30. The number of aromatic nitrogens is 3. The lowest BCUT2D eigenvalue weighted by molar-refractivity contribution is -0.185. The number of hydrogen-bond acceptors (Lipinski definition) is 6. The standard InChI is InChI=1S/C20H14BrF3N4O4/c21-13-4-11-6-14(8-26-19(30)15-9-27-28-3-1-2-25-18(15)28)32-17(11)12(5-13)7-16(29)31-10-20(22,23)24/h1-6,9H,7-8,10H2,(H,26,30). The molecular weight excluding hydrogens is 497 g/mol. The van der Waals surface area contributed by atoms with Crippen LogP contribution >= 0.6 is 15.9 Å². The number of carbonyl (C=O) groups excluding carboxylic acids is 2. The van der Waals surface area contributed by atoms with Gasteiger partial charge in [0.05, 0.1) is 19.2 Å². The van der Waals surface area contributed by atoms with Crippen LogP contribution in [0.25, 0.3) is 16.6 Å². The number of ether oxygens (including phenoxy) is 1. The van der Waals surface area contributed by atoms with Gasteiger partial charge in [0, 0.05) is 27.8 Å². The number of halogens is 4. The molecule has 1 N–H and O–H groups in total.